The van der Waals surface area contributed by atoms with Crippen LogP contribution in [0.2, 0.25) is 0 Å². The lowest BCUT2D eigenvalue weighted by atomic mass is 9.99. The Bertz CT molecular complexity index is 596. The Balaban J connectivity index is 1.97. The quantitative estimate of drug-likeness (QED) is 0.856. The summed E-state index contributed by atoms with van der Waals surface area (Å²) in [6.07, 6.45) is 2.59. The lowest BCUT2D eigenvalue weighted by Gasteiger charge is -2.08. The molecule has 108 valence electrons. The molecule has 0 unspecified atom stereocenters. The van der Waals surface area contributed by atoms with Crippen LogP contribution in [-0.2, 0) is 6.54 Å². The second-order valence-electron chi connectivity index (χ2n) is 5.84. The molecule has 0 saturated heterocycles. The molecule has 1 fully saturated rings. The van der Waals surface area contributed by atoms with Crippen molar-refractivity contribution < 1.29 is 9.15 Å². The number of hydrogen-bond acceptors (Lipinski definition) is 3. The van der Waals surface area contributed by atoms with Gasteiger partial charge in [0.1, 0.15) is 17.1 Å². The van der Waals surface area contributed by atoms with Crippen molar-refractivity contribution in [3.63, 3.8) is 0 Å². The number of hydrogen-bond donors (Lipinski definition) is 1. The van der Waals surface area contributed by atoms with Crippen LogP contribution in [0.3, 0.4) is 0 Å². The monoisotopic (exact) mass is 273 g/mol. The molecule has 20 heavy (non-hydrogen) atoms. The van der Waals surface area contributed by atoms with Crippen LogP contribution < -0.4 is 10.1 Å². The van der Waals surface area contributed by atoms with E-state index in [0.29, 0.717) is 18.6 Å². The van der Waals surface area contributed by atoms with Gasteiger partial charge in [-0.2, -0.15) is 0 Å². The van der Waals surface area contributed by atoms with Crippen LogP contribution in [0.1, 0.15) is 50.9 Å². The Morgan fingerprint density at radius 2 is 2.15 bits per heavy atom. The smallest absolute Gasteiger partial charge is 0.134 e. The molecule has 3 nitrogen and oxygen atoms in total. The van der Waals surface area contributed by atoms with Crippen molar-refractivity contribution in [2.24, 2.45) is 0 Å². The molecule has 3 rings (SSSR count). The zero-order valence-corrected chi connectivity index (χ0v) is 12.5. The molecule has 0 atom stereocenters. The van der Waals surface area contributed by atoms with Crippen LogP contribution in [0.15, 0.2) is 22.6 Å². The highest BCUT2D eigenvalue weighted by Crippen LogP contribution is 2.34. The molecule has 0 radical (unpaired) electrons. The summed E-state index contributed by atoms with van der Waals surface area (Å²) in [5.41, 5.74) is 2.28. The predicted molar refractivity (Wildman–Crippen MR) is 81.3 cm³/mol. The molecule has 1 N–H and O–H groups in total. The minimum atomic E-state index is 0.448. The summed E-state index contributed by atoms with van der Waals surface area (Å²) >= 11 is 0. The normalized spacial score (nSPS) is 15.2. The van der Waals surface area contributed by atoms with E-state index in [0.717, 1.165) is 23.6 Å². The van der Waals surface area contributed by atoms with E-state index in [4.69, 9.17) is 9.15 Å². The number of benzene rings is 1. The molecule has 0 amide bonds. The van der Waals surface area contributed by atoms with E-state index in [9.17, 15) is 0 Å². The van der Waals surface area contributed by atoms with Gasteiger partial charge in [0.05, 0.1) is 13.2 Å². The molecule has 1 aliphatic carbocycles. The summed E-state index contributed by atoms with van der Waals surface area (Å²) in [6, 6.07) is 6.81. The zero-order chi connectivity index (χ0) is 14.1. The topological polar surface area (TPSA) is 34.4 Å². The lowest BCUT2D eigenvalue weighted by molar-refractivity contribution is 0.340. The Morgan fingerprint density at radius 1 is 1.35 bits per heavy atom. The third-order valence-corrected chi connectivity index (χ3v) is 3.79. The van der Waals surface area contributed by atoms with Crippen molar-refractivity contribution in [1.82, 2.24) is 5.32 Å². The maximum atomic E-state index is 6.05. The number of nitrogens with one attached hydrogen (secondary N) is 1. The second kappa shape index (κ2) is 5.49. The van der Waals surface area contributed by atoms with Crippen LogP contribution in [0, 0.1) is 0 Å². The number of ether oxygens (including phenoxy) is 1. The third-order valence-electron chi connectivity index (χ3n) is 3.79. The van der Waals surface area contributed by atoms with Crippen LogP contribution >= 0.6 is 0 Å². The summed E-state index contributed by atoms with van der Waals surface area (Å²) in [4.78, 5) is 0. The van der Waals surface area contributed by atoms with Gasteiger partial charge in [-0.3, -0.25) is 0 Å². The van der Waals surface area contributed by atoms with E-state index >= 15 is 0 Å². The highest BCUT2D eigenvalue weighted by molar-refractivity contribution is 5.84. The van der Waals surface area contributed by atoms with Gasteiger partial charge in [-0.15, -0.1) is 0 Å². The summed E-state index contributed by atoms with van der Waals surface area (Å²) < 4.78 is 11.7. The van der Waals surface area contributed by atoms with E-state index in [1.54, 1.807) is 0 Å². The fourth-order valence-corrected chi connectivity index (χ4v) is 2.69. The molecule has 2 aromatic rings. The molecular formula is C17H23NO2. The fraction of sp³-hybridized carbons (Fsp3) is 0.529. The number of fused-ring (bicyclic) bond motifs is 1. The average Bonchev–Trinajstić information content (AvgIpc) is 3.16. The van der Waals surface area contributed by atoms with E-state index in [1.807, 2.05) is 19.1 Å². The highest BCUT2D eigenvalue weighted by Gasteiger charge is 2.23. The third kappa shape index (κ3) is 2.68. The Morgan fingerprint density at radius 3 is 2.80 bits per heavy atom. The minimum Gasteiger partial charge on any atom is -0.494 e. The maximum Gasteiger partial charge on any atom is 0.134 e. The minimum absolute atomic E-state index is 0.448. The first-order chi connectivity index (χ1) is 9.69. The van der Waals surface area contributed by atoms with Gasteiger partial charge in [0.2, 0.25) is 0 Å². The summed E-state index contributed by atoms with van der Waals surface area (Å²) in [5, 5.41) is 4.74. The largest absolute Gasteiger partial charge is 0.494 e. The zero-order valence-electron chi connectivity index (χ0n) is 12.5. The highest BCUT2D eigenvalue weighted by atomic mass is 16.5. The standard InChI is InChI=1S/C17H23NO2/c1-4-19-13-7-8-15-14(9-13)17(11(2)3)16(20-15)10-18-12-5-6-12/h7-9,11-12,18H,4-6,10H2,1-3H3. The van der Waals surface area contributed by atoms with Crippen molar-refractivity contribution in [3.8, 4) is 5.75 Å². The molecule has 0 aliphatic heterocycles. The van der Waals surface area contributed by atoms with Gasteiger partial charge in [0.15, 0.2) is 0 Å². The molecule has 1 heterocycles. The van der Waals surface area contributed by atoms with Crippen molar-refractivity contribution >= 4 is 11.0 Å². The van der Waals surface area contributed by atoms with E-state index in [2.05, 4.69) is 25.2 Å². The van der Waals surface area contributed by atoms with Gasteiger partial charge in [0, 0.05) is 17.0 Å². The molecular weight excluding hydrogens is 250 g/mol. The fourth-order valence-electron chi connectivity index (χ4n) is 2.69. The van der Waals surface area contributed by atoms with Gasteiger partial charge in [-0.1, -0.05) is 13.8 Å². The predicted octanol–water partition coefficient (Wildman–Crippen LogP) is 4.21. The van der Waals surface area contributed by atoms with Crippen molar-refractivity contribution in [1.29, 1.82) is 0 Å². The molecule has 1 aromatic heterocycles. The first kappa shape index (κ1) is 13.5. The first-order valence-corrected chi connectivity index (χ1v) is 7.60. The summed E-state index contributed by atoms with van der Waals surface area (Å²) in [6.45, 7) is 7.97. The first-order valence-electron chi connectivity index (χ1n) is 7.60. The van der Waals surface area contributed by atoms with E-state index < -0.39 is 0 Å². The SMILES string of the molecule is CCOc1ccc2oc(CNC3CC3)c(C(C)C)c2c1. The average molecular weight is 273 g/mol. The van der Waals surface area contributed by atoms with Crippen molar-refractivity contribution in [2.75, 3.05) is 6.61 Å². The van der Waals surface area contributed by atoms with Gasteiger partial charge >= 0.3 is 0 Å². The van der Waals surface area contributed by atoms with E-state index in [-0.39, 0.29) is 0 Å². The molecule has 3 heteroatoms. The molecule has 1 aliphatic rings. The second-order valence-corrected chi connectivity index (χ2v) is 5.84. The van der Waals surface area contributed by atoms with E-state index in [1.165, 1.54) is 23.8 Å². The van der Waals surface area contributed by atoms with Gasteiger partial charge in [0.25, 0.3) is 0 Å². The Labute approximate surface area is 120 Å². The molecule has 1 saturated carbocycles. The van der Waals surface area contributed by atoms with Gasteiger partial charge in [-0.25, -0.2) is 0 Å². The van der Waals surface area contributed by atoms with Crippen molar-refractivity contribution in [3.05, 3.63) is 29.5 Å². The van der Waals surface area contributed by atoms with Crippen molar-refractivity contribution in [2.45, 2.75) is 52.1 Å². The van der Waals surface area contributed by atoms with Crippen LogP contribution in [0.4, 0.5) is 0 Å². The maximum absolute atomic E-state index is 6.05. The van der Waals surface area contributed by atoms with Crippen LogP contribution in [0.5, 0.6) is 5.75 Å². The van der Waals surface area contributed by atoms with Gasteiger partial charge < -0.3 is 14.5 Å². The number of furan rings is 1. The summed E-state index contributed by atoms with van der Waals surface area (Å²) in [5.74, 6) is 2.45. The van der Waals surface area contributed by atoms with Gasteiger partial charge in [-0.05, 0) is 43.9 Å². The number of rotatable bonds is 6. The Hall–Kier alpha value is -1.48. The molecule has 0 bridgehead atoms. The Kier molecular flexibility index (Phi) is 3.70. The summed E-state index contributed by atoms with van der Waals surface area (Å²) in [7, 11) is 0. The molecule has 0 spiro atoms. The van der Waals surface area contributed by atoms with Crippen LogP contribution in [-0.4, -0.2) is 12.6 Å². The molecule has 1 aromatic carbocycles. The van der Waals surface area contributed by atoms with Crippen LogP contribution in [0.25, 0.3) is 11.0 Å². The lowest BCUT2D eigenvalue weighted by Crippen LogP contribution is -2.15.